The lowest BCUT2D eigenvalue weighted by atomic mass is 10.0. The van der Waals surface area contributed by atoms with Gasteiger partial charge in [0, 0.05) is 17.8 Å². The van der Waals surface area contributed by atoms with Crippen molar-refractivity contribution >= 4 is 28.3 Å². The van der Waals surface area contributed by atoms with Gasteiger partial charge in [0.25, 0.3) is 5.91 Å². The molecule has 5 nitrogen and oxygen atoms in total. The van der Waals surface area contributed by atoms with E-state index in [-0.39, 0.29) is 5.91 Å². The summed E-state index contributed by atoms with van der Waals surface area (Å²) in [5.74, 6) is -0.773. The van der Waals surface area contributed by atoms with Gasteiger partial charge in [0.05, 0.1) is 18.4 Å². The summed E-state index contributed by atoms with van der Waals surface area (Å²) in [6.45, 7) is 3.59. The maximum atomic E-state index is 13.3. The summed E-state index contributed by atoms with van der Waals surface area (Å²) in [6, 6.07) is 14.3. The molecule has 0 saturated carbocycles. The Morgan fingerprint density at radius 1 is 1.08 bits per heavy atom. The Morgan fingerprint density at radius 3 is 2.54 bits per heavy atom. The third kappa shape index (κ3) is 3.16. The number of pyridine rings is 1. The van der Waals surface area contributed by atoms with Crippen LogP contribution in [0.2, 0.25) is 0 Å². The molecule has 26 heavy (non-hydrogen) atoms. The summed E-state index contributed by atoms with van der Waals surface area (Å²) in [7, 11) is 1.32. The van der Waals surface area contributed by atoms with Crippen molar-refractivity contribution in [2.75, 3.05) is 12.0 Å². The van der Waals surface area contributed by atoms with Gasteiger partial charge in [-0.3, -0.25) is 14.7 Å². The van der Waals surface area contributed by atoms with Crippen LogP contribution in [0.3, 0.4) is 0 Å². The number of nitrogens with zero attached hydrogens (tertiary/aromatic N) is 2. The van der Waals surface area contributed by atoms with E-state index in [1.165, 1.54) is 18.2 Å². The number of anilines is 1. The van der Waals surface area contributed by atoms with Gasteiger partial charge in [-0.25, -0.2) is 4.79 Å². The third-order valence-electron chi connectivity index (χ3n) is 4.40. The highest BCUT2D eigenvalue weighted by molar-refractivity contribution is 6.14. The first-order chi connectivity index (χ1) is 12.5. The van der Waals surface area contributed by atoms with Gasteiger partial charge >= 0.3 is 5.97 Å². The first-order valence-corrected chi connectivity index (χ1v) is 8.34. The van der Waals surface area contributed by atoms with Gasteiger partial charge in [-0.1, -0.05) is 36.4 Å². The summed E-state index contributed by atoms with van der Waals surface area (Å²) in [5.41, 5.74) is 2.02. The van der Waals surface area contributed by atoms with Crippen molar-refractivity contribution in [3.8, 4) is 0 Å². The molecule has 0 bridgehead atoms. The number of benzene rings is 2. The zero-order chi connectivity index (χ0) is 18.7. The number of aryl methyl sites for hydroxylation is 1. The summed E-state index contributed by atoms with van der Waals surface area (Å²) in [6.07, 6.45) is 3.10. The number of amides is 1. The minimum Gasteiger partial charge on any atom is -0.467 e. The molecule has 1 heterocycles. The van der Waals surface area contributed by atoms with Crippen LogP contribution in [0, 0.1) is 6.92 Å². The van der Waals surface area contributed by atoms with Crippen LogP contribution >= 0.6 is 0 Å². The van der Waals surface area contributed by atoms with E-state index in [0.29, 0.717) is 11.3 Å². The van der Waals surface area contributed by atoms with Crippen molar-refractivity contribution in [1.82, 2.24) is 4.98 Å². The maximum Gasteiger partial charge on any atom is 0.328 e. The lowest BCUT2D eigenvalue weighted by Gasteiger charge is -2.30. The standard InChI is InChI=1S/C21H20N2O3/c1-14-10-11-16-7-4-5-9-18(16)19(14)23(15(2)21(25)26-3)20(24)17-8-6-12-22-13-17/h4-13,15H,1-3H3/t15-/m0/s1. The second kappa shape index (κ2) is 7.35. The third-order valence-corrected chi connectivity index (χ3v) is 4.40. The van der Waals surface area contributed by atoms with Gasteiger partial charge in [0.2, 0.25) is 0 Å². The van der Waals surface area contributed by atoms with Crippen molar-refractivity contribution in [2.45, 2.75) is 19.9 Å². The van der Waals surface area contributed by atoms with Crippen LogP contribution in [0.4, 0.5) is 5.69 Å². The van der Waals surface area contributed by atoms with Gasteiger partial charge < -0.3 is 4.74 Å². The first-order valence-electron chi connectivity index (χ1n) is 8.34. The van der Waals surface area contributed by atoms with Gasteiger partial charge in [0.15, 0.2) is 0 Å². The lowest BCUT2D eigenvalue weighted by molar-refractivity contribution is -0.141. The molecular weight excluding hydrogens is 328 g/mol. The molecule has 0 aliphatic carbocycles. The average molecular weight is 348 g/mol. The molecule has 3 aromatic rings. The molecule has 0 aliphatic rings. The number of hydrogen-bond donors (Lipinski definition) is 0. The smallest absolute Gasteiger partial charge is 0.328 e. The minimum atomic E-state index is -0.780. The molecule has 1 amide bonds. The van der Waals surface area contributed by atoms with Crippen molar-refractivity contribution in [2.24, 2.45) is 0 Å². The van der Waals surface area contributed by atoms with E-state index < -0.39 is 12.0 Å². The van der Waals surface area contributed by atoms with Crippen LogP contribution in [0.5, 0.6) is 0 Å². The van der Waals surface area contributed by atoms with Crippen LogP contribution in [0.1, 0.15) is 22.8 Å². The Kier molecular flexibility index (Phi) is 4.98. The Hall–Kier alpha value is -3.21. The fourth-order valence-corrected chi connectivity index (χ4v) is 3.06. The van der Waals surface area contributed by atoms with Crippen LogP contribution in [-0.2, 0) is 9.53 Å². The van der Waals surface area contributed by atoms with E-state index in [2.05, 4.69) is 4.98 Å². The highest BCUT2D eigenvalue weighted by atomic mass is 16.5. The molecule has 0 aliphatic heterocycles. The monoisotopic (exact) mass is 348 g/mol. The Labute approximate surface area is 152 Å². The number of rotatable bonds is 4. The number of fused-ring (bicyclic) bond motifs is 1. The molecule has 0 spiro atoms. The summed E-state index contributed by atoms with van der Waals surface area (Å²) in [5, 5.41) is 1.90. The fourth-order valence-electron chi connectivity index (χ4n) is 3.06. The van der Waals surface area contributed by atoms with Gasteiger partial charge in [-0.2, -0.15) is 0 Å². The molecular formula is C21H20N2O3. The molecule has 0 N–H and O–H groups in total. The lowest BCUT2D eigenvalue weighted by Crippen LogP contribution is -2.44. The van der Waals surface area contributed by atoms with E-state index in [1.807, 2.05) is 43.3 Å². The number of methoxy groups -OCH3 is 1. The normalized spacial score (nSPS) is 11.8. The second-order valence-corrected chi connectivity index (χ2v) is 6.07. The van der Waals surface area contributed by atoms with Crippen molar-refractivity contribution < 1.29 is 14.3 Å². The molecule has 2 aromatic carbocycles. The van der Waals surface area contributed by atoms with Crippen LogP contribution in [0.15, 0.2) is 60.9 Å². The molecule has 1 aromatic heterocycles. The largest absolute Gasteiger partial charge is 0.467 e. The molecule has 0 unspecified atom stereocenters. The molecule has 0 radical (unpaired) electrons. The van der Waals surface area contributed by atoms with Gasteiger partial charge in [-0.05, 0) is 36.9 Å². The zero-order valence-electron chi connectivity index (χ0n) is 15.0. The molecule has 1 atom stereocenters. The molecule has 0 fully saturated rings. The van der Waals surface area contributed by atoms with Crippen molar-refractivity contribution in [3.63, 3.8) is 0 Å². The average Bonchev–Trinajstić information content (AvgIpc) is 2.69. The number of carbonyl (C=O) groups is 2. The number of carbonyl (C=O) groups excluding carboxylic acids is 2. The number of esters is 1. The minimum absolute atomic E-state index is 0.296. The summed E-state index contributed by atoms with van der Waals surface area (Å²) in [4.78, 5) is 31.1. The van der Waals surface area contributed by atoms with Gasteiger partial charge in [0.1, 0.15) is 6.04 Å². The fraction of sp³-hybridized carbons (Fsp3) is 0.190. The van der Waals surface area contributed by atoms with E-state index in [4.69, 9.17) is 4.74 Å². The number of ether oxygens (including phenoxy) is 1. The highest BCUT2D eigenvalue weighted by Crippen LogP contribution is 2.33. The molecule has 5 heteroatoms. The highest BCUT2D eigenvalue weighted by Gasteiger charge is 2.31. The number of aromatic nitrogens is 1. The first kappa shape index (κ1) is 17.6. The van der Waals surface area contributed by atoms with Crippen molar-refractivity contribution in [3.05, 3.63) is 72.1 Å². The molecule has 132 valence electrons. The Morgan fingerprint density at radius 2 is 1.85 bits per heavy atom. The maximum absolute atomic E-state index is 13.3. The van der Waals surface area contributed by atoms with Crippen molar-refractivity contribution in [1.29, 1.82) is 0 Å². The molecule has 0 saturated heterocycles. The summed E-state index contributed by atoms with van der Waals surface area (Å²) < 4.78 is 4.90. The SMILES string of the molecule is COC(=O)[C@H](C)N(C(=O)c1cccnc1)c1c(C)ccc2ccccc12. The predicted octanol–water partition coefficient (Wildman–Crippen LogP) is 3.75. The van der Waals surface area contributed by atoms with E-state index in [1.54, 1.807) is 25.3 Å². The predicted molar refractivity (Wildman–Crippen MR) is 101 cm³/mol. The summed E-state index contributed by atoms with van der Waals surface area (Å²) >= 11 is 0. The van der Waals surface area contributed by atoms with E-state index >= 15 is 0 Å². The quantitative estimate of drug-likeness (QED) is 0.674. The van der Waals surface area contributed by atoms with Crippen LogP contribution in [-0.4, -0.2) is 30.0 Å². The Balaban J connectivity index is 2.23. The van der Waals surface area contributed by atoms with Gasteiger partial charge in [-0.15, -0.1) is 0 Å². The topological polar surface area (TPSA) is 59.5 Å². The van der Waals surface area contributed by atoms with Crippen LogP contribution in [0.25, 0.3) is 10.8 Å². The number of hydrogen-bond acceptors (Lipinski definition) is 4. The van der Waals surface area contributed by atoms with E-state index in [9.17, 15) is 9.59 Å². The van der Waals surface area contributed by atoms with E-state index in [0.717, 1.165) is 16.3 Å². The zero-order valence-corrected chi connectivity index (χ0v) is 15.0. The second-order valence-electron chi connectivity index (χ2n) is 6.07. The molecule has 3 rings (SSSR count). The Bertz CT molecular complexity index is 954. The van der Waals surface area contributed by atoms with Crippen LogP contribution < -0.4 is 4.90 Å².